The molecule has 0 spiro atoms. The number of fused-ring (bicyclic) bond motifs is 2. The summed E-state index contributed by atoms with van der Waals surface area (Å²) in [6.45, 7) is 0.433. The molecule has 0 aliphatic heterocycles. The number of ether oxygens (including phenoxy) is 1. The van der Waals surface area contributed by atoms with Crippen molar-refractivity contribution in [3.63, 3.8) is 0 Å². The molecule has 0 saturated carbocycles. The second-order valence-corrected chi connectivity index (χ2v) is 7.39. The van der Waals surface area contributed by atoms with Crippen molar-refractivity contribution in [3.05, 3.63) is 64.7 Å². The molecule has 1 atom stereocenters. The summed E-state index contributed by atoms with van der Waals surface area (Å²) in [6.07, 6.45) is 3.19. The average molecular weight is 352 g/mol. The number of rotatable bonds is 5. The Morgan fingerprint density at radius 1 is 1.20 bits per heavy atom. The van der Waals surface area contributed by atoms with Gasteiger partial charge in [0, 0.05) is 0 Å². The van der Waals surface area contributed by atoms with Gasteiger partial charge in [-0.2, -0.15) is 0 Å². The molecule has 0 saturated heterocycles. The van der Waals surface area contributed by atoms with E-state index < -0.39 is 0 Å². The van der Waals surface area contributed by atoms with Gasteiger partial charge in [-0.25, -0.2) is 4.98 Å². The van der Waals surface area contributed by atoms with Crippen molar-refractivity contribution in [2.24, 2.45) is 0 Å². The fourth-order valence-electron chi connectivity index (χ4n) is 3.35. The number of thiazole rings is 1. The van der Waals surface area contributed by atoms with Crippen LogP contribution >= 0.6 is 11.3 Å². The molecular weight excluding hydrogens is 332 g/mol. The maximum atomic E-state index is 12.2. The number of carbonyl (C=O) groups is 1. The van der Waals surface area contributed by atoms with Crippen LogP contribution in [0, 0.1) is 0 Å². The summed E-state index contributed by atoms with van der Waals surface area (Å²) in [5, 5.41) is 4.01. The Kier molecular flexibility index (Phi) is 4.76. The number of benzene rings is 2. The molecule has 1 aliphatic carbocycles. The first-order valence-corrected chi connectivity index (χ1v) is 9.40. The summed E-state index contributed by atoms with van der Waals surface area (Å²) in [7, 11) is 0. The largest absolute Gasteiger partial charge is 0.364 e. The molecule has 1 heterocycles. The number of carbonyl (C=O) groups excluding carboxylic acids is 1. The molecule has 1 amide bonds. The Labute approximate surface area is 150 Å². The topological polar surface area (TPSA) is 51.2 Å². The summed E-state index contributed by atoms with van der Waals surface area (Å²) < 4.78 is 6.72. The van der Waals surface area contributed by atoms with E-state index in [1.54, 1.807) is 11.3 Å². The van der Waals surface area contributed by atoms with Crippen LogP contribution in [0.5, 0.6) is 0 Å². The second-order valence-electron chi connectivity index (χ2n) is 6.28. The van der Waals surface area contributed by atoms with Gasteiger partial charge in [0.15, 0.2) is 0 Å². The molecule has 5 heteroatoms. The first-order chi connectivity index (χ1) is 12.3. The predicted molar refractivity (Wildman–Crippen MR) is 99.5 cm³/mol. The van der Waals surface area contributed by atoms with Crippen molar-refractivity contribution < 1.29 is 9.53 Å². The van der Waals surface area contributed by atoms with Crippen LogP contribution in [-0.2, 0) is 22.6 Å². The number of hydrogen-bond donors (Lipinski definition) is 1. The van der Waals surface area contributed by atoms with Gasteiger partial charge in [0.1, 0.15) is 11.6 Å². The Morgan fingerprint density at radius 3 is 2.96 bits per heavy atom. The zero-order valence-corrected chi connectivity index (χ0v) is 14.7. The van der Waals surface area contributed by atoms with E-state index in [-0.39, 0.29) is 18.6 Å². The van der Waals surface area contributed by atoms with Gasteiger partial charge >= 0.3 is 0 Å². The summed E-state index contributed by atoms with van der Waals surface area (Å²) in [4.78, 5) is 16.7. The highest BCUT2D eigenvalue weighted by atomic mass is 32.1. The minimum absolute atomic E-state index is 0.0641. The van der Waals surface area contributed by atoms with Crippen LogP contribution < -0.4 is 5.32 Å². The number of para-hydroxylation sites is 1. The van der Waals surface area contributed by atoms with E-state index in [0.717, 1.165) is 34.5 Å². The van der Waals surface area contributed by atoms with Crippen molar-refractivity contribution in [3.8, 4) is 0 Å². The van der Waals surface area contributed by atoms with Crippen LogP contribution in [0.15, 0.2) is 48.5 Å². The second kappa shape index (κ2) is 7.33. The van der Waals surface area contributed by atoms with Gasteiger partial charge in [-0.1, -0.05) is 36.4 Å². The van der Waals surface area contributed by atoms with Crippen molar-refractivity contribution in [2.75, 3.05) is 6.61 Å². The maximum absolute atomic E-state index is 12.2. The van der Waals surface area contributed by atoms with Gasteiger partial charge in [0.05, 0.1) is 22.9 Å². The molecule has 1 N–H and O–H groups in total. The van der Waals surface area contributed by atoms with Gasteiger partial charge in [-0.3, -0.25) is 4.79 Å². The minimum Gasteiger partial charge on any atom is -0.364 e. The lowest BCUT2D eigenvalue weighted by Gasteiger charge is -2.26. The highest BCUT2D eigenvalue weighted by Crippen LogP contribution is 2.29. The molecule has 128 valence electrons. The van der Waals surface area contributed by atoms with Gasteiger partial charge in [0.2, 0.25) is 5.91 Å². The molecule has 0 radical (unpaired) electrons. The van der Waals surface area contributed by atoms with E-state index in [1.807, 2.05) is 30.3 Å². The minimum atomic E-state index is -0.0668. The van der Waals surface area contributed by atoms with Crippen LogP contribution in [0.1, 0.15) is 35.0 Å². The standard InChI is InChI=1S/C20H20N2O2S/c23-19(21-16-10-5-7-14-6-1-2-8-15(14)16)12-24-13-20-22-17-9-3-4-11-18(17)25-20/h1-4,6,8-9,11,16H,5,7,10,12-13H2,(H,21,23)/t16-/m0/s1. The van der Waals surface area contributed by atoms with E-state index in [9.17, 15) is 4.79 Å². The molecular formula is C20H20N2O2S. The quantitative estimate of drug-likeness (QED) is 0.755. The summed E-state index contributed by atoms with van der Waals surface area (Å²) in [5.41, 5.74) is 3.57. The van der Waals surface area contributed by atoms with Gasteiger partial charge in [-0.05, 0) is 42.5 Å². The van der Waals surface area contributed by atoms with Crippen LogP contribution in [0.2, 0.25) is 0 Å². The monoisotopic (exact) mass is 352 g/mol. The fraction of sp³-hybridized carbons (Fsp3) is 0.300. The molecule has 0 unspecified atom stereocenters. The third kappa shape index (κ3) is 3.72. The van der Waals surface area contributed by atoms with Crippen LogP contribution in [0.25, 0.3) is 10.2 Å². The van der Waals surface area contributed by atoms with E-state index in [0.29, 0.717) is 6.61 Å². The maximum Gasteiger partial charge on any atom is 0.246 e. The lowest BCUT2D eigenvalue weighted by Crippen LogP contribution is -2.33. The van der Waals surface area contributed by atoms with Crippen LogP contribution in [0.3, 0.4) is 0 Å². The first-order valence-electron chi connectivity index (χ1n) is 8.59. The van der Waals surface area contributed by atoms with E-state index in [1.165, 1.54) is 11.1 Å². The highest BCUT2D eigenvalue weighted by molar-refractivity contribution is 7.18. The van der Waals surface area contributed by atoms with Crippen molar-refractivity contribution in [1.82, 2.24) is 10.3 Å². The average Bonchev–Trinajstić information content (AvgIpc) is 3.05. The summed E-state index contributed by atoms with van der Waals surface area (Å²) in [5.74, 6) is -0.0668. The molecule has 0 fully saturated rings. The van der Waals surface area contributed by atoms with E-state index >= 15 is 0 Å². The summed E-state index contributed by atoms with van der Waals surface area (Å²) >= 11 is 1.61. The Balaban J connectivity index is 1.31. The molecule has 0 bridgehead atoms. The zero-order valence-electron chi connectivity index (χ0n) is 13.9. The number of hydrogen-bond acceptors (Lipinski definition) is 4. The highest BCUT2D eigenvalue weighted by Gasteiger charge is 2.21. The third-order valence-electron chi connectivity index (χ3n) is 4.50. The van der Waals surface area contributed by atoms with Gasteiger partial charge in [0.25, 0.3) is 0 Å². The SMILES string of the molecule is O=C(COCc1nc2ccccc2s1)N[C@H]1CCCc2ccccc21. The molecule has 1 aliphatic rings. The van der Waals surface area contributed by atoms with Crippen LogP contribution in [0.4, 0.5) is 0 Å². The Bertz CT molecular complexity index is 857. The molecule has 2 aromatic carbocycles. The van der Waals surface area contributed by atoms with Crippen molar-refractivity contribution in [1.29, 1.82) is 0 Å². The molecule has 4 nitrogen and oxygen atoms in total. The van der Waals surface area contributed by atoms with E-state index in [4.69, 9.17) is 4.74 Å². The van der Waals surface area contributed by atoms with Gasteiger partial charge < -0.3 is 10.1 Å². The number of aryl methyl sites for hydroxylation is 1. The molecule has 3 aromatic rings. The molecule has 1 aromatic heterocycles. The van der Waals surface area contributed by atoms with Crippen molar-refractivity contribution in [2.45, 2.75) is 31.9 Å². The normalized spacial score (nSPS) is 16.6. The third-order valence-corrected chi connectivity index (χ3v) is 5.51. The number of nitrogens with one attached hydrogen (secondary N) is 1. The fourth-order valence-corrected chi connectivity index (χ4v) is 4.26. The smallest absolute Gasteiger partial charge is 0.246 e. The number of aromatic nitrogens is 1. The van der Waals surface area contributed by atoms with Crippen LogP contribution in [-0.4, -0.2) is 17.5 Å². The Hall–Kier alpha value is -2.24. The predicted octanol–water partition coefficient (Wildman–Crippen LogP) is 4.01. The molecule has 4 rings (SSSR count). The number of nitrogens with zero attached hydrogens (tertiary/aromatic N) is 1. The van der Waals surface area contributed by atoms with E-state index in [2.05, 4.69) is 28.5 Å². The lowest BCUT2D eigenvalue weighted by atomic mass is 9.88. The van der Waals surface area contributed by atoms with Crippen molar-refractivity contribution >= 4 is 27.5 Å². The molecule has 25 heavy (non-hydrogen) atoms. The lowest BCUT2D eigenvalue weighted by molar-refractivity contribution is -0.127. The zero-order chi connectivity index (χ0) is 17.1. The summed E-state index contributed by atoms with van der Waals surface area (Å²) in [6, 6.07) is 16.5. The first kappa shape index (κ1) is 16.2. The number of amides is 1. The Morgan fingerprint density at radius 2 is 2.04 bits per heavy atom. The van der Waals surface area contributed by atoms with Gasteiger partial charge in [-0.15, -0.1) is 11.3 Å².